The fourth-order valence-electron chi connectivity index (χ4n) is 3.83. The number of nitrogens with one attached hydrogen (secondary N) is 1. The van der Waals surface area contributed by atoms with E-state index in [4.69, 9.17) is 4.74 Å². The van der Waals surface area contributed by atoms with Crippen LogP contribution in [0.1, 0.15) is 91.4 Å². The highest BCUT2D eigenvalue weighted by molar-refractivity contribution is 5.82. The van der Waals surface area contributed by atoms with E-state index in [1.807, 2.05) is 0 Å². The molecule has 0 fully saturated rings. The highest BCUT2D eigenvalue weighted by Gasteiger charge is 2.37. The van der Waals surface area contributed by atoms with E-state index in [-0.39, 0.29) is 25.4 Å². The Morgan fingerprint density at radius 3 is 2.03 bits per heavy atom. The number of nitrogens with zero attached hydrogens (tertiary/aromatic N) is 1. The highest BCUT2D eigenvalue weighted by Crippen LogP contribution is 2.30. The Kier molecular flexibility index (Phi) is 16.9. The molecule has 0 saturated carbocycles. The number of aliphatic hydroxyl groups is 1. The van der Waals surface area contributed by atoms with Crippen molar-refractivity contribution >= 4 is 17.8 Å². The Bertz CT molecular complexity index is 565. The van der Waals surface area contributed by atoms with Crippen LogP contribution in [0.3, 0.4) is 0 Å². The second-order valence-corrected chi connectivity index (χ2v) is 9.98. The summed E-state index contributed by atoms with van der Waals surface area (Å²) < 4.78 is 5.20. The summed E-state index contributed by atoms with van der Waals surface area (Å²) in [5.41, 5.74) is -0.931. The molecule has 194 valence electrons. The Morgan fingerprint density at radius 2 is 1.52 bits per heavy atom. The van der Waals surface area contributed by atoms with Crippen LogP contribution < -0.4 is 5.32 Å². The average molecular weight is 473 g/mol. The van der Waals surface area contributed by atoms with E-state index in [2.05, 4.69) is 12.2 Å². The molecule has 33 heavy (non-hydrogen) atoms. The molecule has 2 atom stereocenters. The predicted octanol–water partition coefficient (Wildman–Crippen LogP) is 3.61. The lowest BCUT2D eigenvalue weighted by Gasteiger charge is -2.32. The van der Waals surface area contributed by atoms with Crippen molar-refractivity contribution in [3.8, 4) is 0 Å². The summed E-state index contributed by atoms with van der Waals surface area (Å²) in [5, 5.41) is 22.4. The number of carboxylic acids is 1. The first-order valence-corrected chi connectivity index (χ1v) is 12.5. The van der Waals surface area contributed by atoms with E-state index in [1.54, 1.807) is 32.8 Å². The zero-order chi connectivity index (χ0) is 25.3. The van der Waals surface area contributed by atoms with Gasteiger partial charge in [0.25, 0.3) is 0 Å². The van der Waals surface area contributed by atoms with Crippen molar-refractivity contribution in [3.63, 3.8) is 0 Å². The van der Waals surface area contributed by atoms with E-state index >= 15 is 0 Å². The van der Waals surface area contributed by atoms with Crippen molar-refractivity contribution < 1.29 is 29.3 Å². The van der Waals surface area contributed by atoms with E-state index < -0.39 is 29.3 Å². The van der Waals surface area contributed by atoms with Gasteiger partial charge in [-0.25, -0.2) is 0 Å². The summed E-state index contributed by atoms with van der Waals surface area (Å²) >= 11 is 0. The van der Waals surface area contributed by atoms with Crippen molar-refractivity contribution in [2.75, 3.05) is 33.8 Å². The number of carboxylic acid groups (broad SMARTS) is 1. The molecule has 3 N–H and O–H groups in total. The lowest BCUT2D eigenvalue weighted by molar-refractivity contribution is -0.147. The first-order valence-electron chi connectivity index (χ1n) is 12.5. The SMILES string of the molecule is CCCCCCCCCCCOC(=O)CCNC(=O)C(O)C(C)(C)C[C@H](CN(C)C)C(=O)O. The van der Waals surface area contributed by atoms with Crippen molar-refractivity contribution in [1.82, 2.24) is 10.2 Å². The molecule has 0 aromatic rings. The molecule has 1 unspecified atom stereocenters. The fraction of sp³-hybridized carbons (Fsp3) is 0.880. The minimum Gasteiger partial charge on any atom is -0.481 e. The van der Waals surface area contributed by atoms with Gasteiger partial charge in [-0.15, -0.1) is 0 Å². The molecule has 0 rings (SSSR count). The van der Waals surface area contributed by atoms with Crippen LogP contribution in [0.5, 0.6) is 0 Å². The number of rotatable bonds is 20. The van der Waals surface area contributed by atoms with Crippen LogP contribution in [0.25, 0.3) is 0 Å². The summed E-state index contributed by atoms with van der Waals surface area (Å²) in [7, 11) is 3.56. The topological polar surface area (TPSA) is 116 Å². The van der Waals surface area contributed by atoms with Gasteiger partial charge in [-0.2, -0.15) is 0 Å². The number of amides is 1. The average Bonchev–Trinajstić information content (AvgIpc) is 2.73. The number of carbonyl (C=O) groups is 3. The number of esters is 1. The second-order valence-electron chi connectivity index (χ2n) is 9.98. The Labute approximate surface area is 200 Å². The number of aliphatic carboxylic acids is 1. The van der Waals surface area contributed by atoms with Crippen molar-refractivity contribution in [3.05, 3.63) is 0 Å². The number of hydrogen-bond donors (Lipinski definition) is 3. The van der Waals surface area contributed by atoms with Crippen LogP contribution >= 0.6 is 0 Å². The molecule has 0 saturated heterocycles. The molecule has 8 heteroatoms. The smallest absolute Gasteiger partial charge is 0.307 e. The van der Waals surface area contributed by atoms with Crippen LogP contribution in [-0.2, 0) is 19.1 Å². The molecule has 0 radical (unpaired) electrons. The van der Waals surface area contributed by atoms with Gasteiger partial charge in [0.05, 0.1) is 18.9 Å². The van der Waals surface area contributed by atoms with Crippen molar-refractivity contribution in [1.29, 1.82) is 0 Å². The molecule has 0 aliphatic rings. The van der Waals surface area contributed by atoms with Gasteiger partial charge in [0.1, 0.15) is 6.10 Å². The van der Waals surface area contributed by atoms with Gasteiger partial charge in [-0.05, 0) is 26.9 Å². The van der Waals surface area contributed by atoms with Crippen LogP contribution in [0, 0.1) is 11.3 Å². The molecule has 0 bridgehead atoms. The standard InChI is InChI=1S/C25H48N2O6/c1-6-7-8-9-10-11-12-13-14-17-33-21(28)15-16-26-23(30)22(29)25(2,3)18-20(24(31)32)19-27(4)5/h20,22,29H,6-19H2,1-5H3,(H,26,30)(H,31,32)/t20-,22?/m1/s1. The highest BCUT2D eigenvalue weighted by atomic mass is 16.5. The number of aliphatic hydroxyl groups excluding tert-OH is 1. The molecular weight excluding hydrogens is 424 g/mol. The molecule has 0 spiro atoms. The molecule has 1 amide bonds. The Hall–Kier alpha value is -1.67. The Morgan fingerprint density at radius 1 is 0.970 bits per heavy atom. The van der Waals surface area contributed by atoms with E-state index in [9.17, 15) is 24.6 Å². The first kappa shape index (κ1) is 31.3. The number of carbonyl (C=O) groups excluding carboxylic acids is 2. The Balaban J connectivity index is 4.06. The lowest BCUT2D eigenvalue weighted by atomic mass is 9.77. The van der Waals surface area contributed by atoms with Crippen LogP contribution in [-0.4, -0.2) is 72.9 Å². The molecule has 0 aliphatic carbocycles. The van der Waals surface area contributed by atoms with Gasteiger partial charge in [0, 0.05) is 18.5 Å². The minimum atomic E-state index is -1.38. The number of hydrogen-bond acceptors (Lipinski definition) is 6. The molecule has 0 heterocycles. The molecule has 8 nitrogen and oxygen atoms in total. The maximum absolute atomic E-state index is 12.3. The molecular formula is C25H48N2O6. The van der Waals surface area contributed by atoms with Crippen molar-refractivity contribution in [2.45, 2.75) is 97.5 Å². The monoisotopic (exact) mass is 472 g/mol. The van der Waals surface area contributed by atoms with Gasteiger partial charge in [-0.3, -0.25) is 14.4 Å². The number of unbranched alkanes of at least 4 members (excludes halogenated alkanes) is 8. The third-order valence-corrected chi connectivity index (χ3v) is 5.84. The summed E-state index contributed by atoms with van der Waals surface area (Å²) in [5.74, 6) is -2.64. The predicted molar refractivity (Wildman–Crippen MR) is 130 cm³/mol. The minimum absolute atomic E-state index is 0.0364. The van der Waals surface area contributed by atoms with E-state index in [0.29, 0.717) is 13.2 Å². The molecule has 0 aromatic carbocycles. The van der Waals surface area contributed by atoms with Crippen LogP contribution in [0.15, 0.2) is 0 Å². The van der Waals surface area contributed by atoms with Crippen molar-refractivity contribution in [2.24, 2.45) is 11.3 Å². The third kappa shape index (κ3) is 15.7. The third-order valence-electron chi connectivity index (χ3n) is 5.84. The second kappa shape index (κ2) is 17.8. The lowest BCUT2D eigenvalue weighted by Crippen LogP contribution is -2.46. The first-order chi connectivity index (χ1) is 15.5. The number of ether oxygens (including phenoxy) is 1. The summed E-state index contributed by atoms with van der Waals surface area (Å²) in [6.45, 7) is 6.33. The van der Waals surface area contributed by atoms with E-state index in [0.717, 1.165) is 19.3 Å². The normalized spacial score (nSPS) is 13.5. The quantitative estimate of drug-likeness (QED) is 0.183. The zero-order valence-corrected chi connectivity index (χ0v) is 21.5. The maximum Gasteiger partial charge on any atom is 0.307 e. The molecule has 0 aromatic heterocycles. The zero-order valence-electron chi connectivity index (χ0n) is 21.5. The van der Waals surface area contributed by atoms with Gasteiger partial charge < -0.3 is 25.2 Å². The van der Waals surface area contributed by atoms with Gasteiger partial charge in [-0.1, -0.05) is 72.1 Å². The van der Waals surface area contributed by atoms with Crippen LogP contribution in [0.2, 0.25) is 0 Å². The maximum atomic E-state index is 12.3. The summed E-state index contributed by atoms with van der Waals surface area (Å²) in [6, 6.07) is 0. The largest absolute Gasteiger partial charge is 0.481 e. The van der Waals surface area contributed by atoms with Crippen LogP contribution in [0.4, 0.5) is 0 Å². The summed E-state index contributed by atoms with van der Waals surface area (Å²) in [6.07, 6.45) is 9.55. The van der Waals surface area contributed by atoms with Gasteiger partial charge >= 0.3 is 11.9 Å². The van der Waals surface area contributed by atoms with Gasteiger partial charge in [0.2, 0.25) is 5.91 Å². The van der Waals surface area contributed by atoms with Gasteiger partial charge in [0.15, 0.2) is 0 Å². The van der Waals surface area contributed by atoms with E-state index in [1.165, 1.54) is 38.5 Å². The fourth-order valence-corrected chi connectivity index (χ4v) is 3.83. The summed E-state index contributed by atoms with van der Waals surface area (Å²) in [4.78, 5) is 37.4. The molecule has 0 aliphatic heterocycles.